The third-order valence-corrected chi connectivity index (χ3v) is 4.44. The molecular formula is C15H21ClFN. The first-order valence-corrected chi connectivity index (χ1v) is 7.26. The summed E-state index contributed by atoms with van der Waals surface area (Å²) in [7, 11) is 0. The molecule has 1 fully saturated rings. The van der Waals surface area contributed by atoms with E-state index in [9.17, 15) is 4.39 Å². The van der Waals surface area contributed by atoms with Crippen LogP contribution in [0.1, 0.15) is 30.4 Å². The van der Waals surface area contributed by atoms with Crippen LogP contribution < -0.4 is 5.32 Å². The minimum atomic E-state index is -0.158. The number of hydrogen-bond acceptors (Lipinski definition) is 1. The van der Waals surface area contributed by atoms with Crippen molar-refractivity contribution < 1.29 is 4.39 Å². The molecule has 1 N–H and O–H groups in total. The van der Waals surface area contributed by atoms with Crippen LogP contribution in [0, 0.1) is 24.6 Å². The van der Waals surface area contributed by atoms with Gasteiger partial charge in [-0.3, -0.25) is 0 Å². The number of aryl methyl sites for hydroxylation is 1. The molecule has 0 saturated heterocycles. The minimum Gasteiger partial charge on any atom is -0.312 e. The van der Waals surface area contributed by atoms with Gasteiger partial charge in [0.25, 0.3) is 0 Å². The number of alkyl halides is 1. The van der Waals surface area contributed by atoms with E-state index in [1.54, 1.807) is 6.07 Å². The Balaban J connectivity index is 1.81. The highest BCUT2D eigenvalue weighted by atomic mass is 35.5. The zero-order valence-corrected chi connectivity index (χ0v) is 11.6. The predicted octanol–water partition coefficient (Wildman–Crippen LogP) is 3.88. The molecule has 2 unspecified atom stereocenters. The monoisotopic (exact) mass is 269 g/mol. The van der Waals surface area contributed by atoms with Crippen molar-refractivity contribution in [3.8, 4) is 0 Å². The van der Waals surface area contributed by atoms with Gasteiger partial charge in [-0.15, -0.1) is 11.6 Å². The third kappa shape index (κ3) is 3.46. The Morgan fingerprint density at radius 3 is 2.83 bits per heavy atom. The van der Waals surface area contributed by atoms with Crippen LogP contribution in [0.2, 0.25) is 0 Å². The maximum absolute atomic E-state index is 13.0. The summed E-state index contributed by atoms with van der Waals surface area (Å²) in [6.45, 7) is 3.79. The molecule has 0 heterocycles. The van der Waals surface area contributed by atoms with E-state index in [1.807, 2.05) is 13.0 Å². The summed E-state index contributed by atoms with van der Waals surface area (Å²) in [6.07, 6.45) is 3.86. The van der Waals surface area contributed by atoms with Crippen LogP contribution in [0.5, 0.6) is 0 Å². The van der Waals surface area contributed by atoms with Gasteiger partial charge in [0, 0.05) is 12.4 Å². The Labute approximate surface area is 114 Å². The lowest BCUT2D eigenvalue weighted by molar-refractivity contribution is 0.395. The van der Waals surface area contributed by atoms with Crippen molar-refractivity contribution in [1.29, 1.82) is 0 Å². The number of nitrogens with one attached hydrogen (secondary N) is 1. The second kappa shape index (κ2) is 6.53. The summed E-state index contributed by atoms with van der Waals surface area (Å²) in [5.74, 6) is 2.01. The molecular weight excluding hydrogens is 249 g/mol. The molecule has 1 aromatic carbocycles. The number of rotatable bonds is 5. The second-order valence-electron chi connectivity index (χ2n) is 5.31. The van der Waals surface area contributed by atoms with E-state index < -0.39 is 0 Å². The second-order valence-corrected chi connectivity index (χ2v) is 5.62. The van der Waals surface area contributed by atoms with Gasteiger partial charge in [-0.05, 0) is 61.4 Å². The molecule has 1 aliphatic carbocycles. The van der Waals surface area contributed by atoms with Crippen molar-refractivity contribution >= 4 is 11.6 Å². The van der Waals surface area contributed by atoms with Crippen molar-refractivity contribution in [3.05, 3.63) is 35.1 Å². The van der Waals surface area contributed by atoms with Gasteiger partial charge >= 0.3 is 0 Å². The van der Waals surface area contributed by atoms with Gasteiger partial charge in [-0.2, -0.15) is 0 Å². The molecule has 2 atom stereocenters. The maximum atomic E-state index is 13.0. The summed E-state index contributed by atoms with van der Waals surface area (Å²) in [4.78, 5) is 0. The molecule has 1 saturated carbocycles. The lowest BCUT2D eigenvalue weighted by Crippen LogP contribution is -2.25. The van der Waals surface area contributed by atoms with E-state index in [0.29, 0.717) is 11.8 Å². The quantitative estimate of drug-likeness (QED) is 0.800. The maximum Gasteiger partial charge on any atom is 0.123 e. The van der Waals surface area contributed by atoms with E-state index >= 15 is 0 Å². The van der Waals surface area contributed by atoms with E-state index in [1.165, 1.54) is 30.9 Å². The Kier molecular flexibility index (Phi) is 5.02. The summed E-state index contributed by atoms with van der Waals surface area (Å²) in [5, 5.41) is 3.49. The molecule has 0 spiro atoms. The lowest BCUT2D eigenvalue weighted by Gasteiger charge is -2.18. The minimum absolute atomic E-state index is 0.158. The van der Waals surface area contributed by atoms with Gasteiger partial charge in [0.15, 0.2) is 0 Å². The molecule has 18 heavy (non-hydrogen) atoms. The van der Waals surface area contributed by atoms with Gasteiger partial charge in [0.1, 0.15) is 5.82 Å². The molecule has 0 radical (unpaired) electrons. The first kappa shape index (κ1) is 13.8. The fourth-order valence-corrected chi connectivity index (χ4v) is 3.24. The van der Waals surface area contributed by atoms with Crippen LogP contribution in [0.4, 0.5) is 4.39 Å². The van der Waals surface area contributed by atoms with Crippen LogP contribution in [0.15, 0.2) is 18.2 Å². The zero-order valence-electron chi connectivity index (χ0n) is 10.9. The van der Waals surface area contributed by atoms with E-state index in [-0.39, 0.29) is 5.82 Å². The van der Waals surface area contributed by atoms with Crippen molar-refractivity contribution in [2.75, 3.05) is 12.4 Å². The highest BCUT2D eigenvalue weighted by Crippen LogP contribution is 2.31. The van der Waals surface area contributed by atoms with Gasteiger partial charge in [-0.1, -0.05) is 12.5 Å². The number of benzene rings is 1. The van der Waals surface area contributed by atoms with Crippen LogP contribution >= 0.6 is 11.6 Å². The van der Waals surface area contributed by atoms with E-state index in [4.69, 9.17) is 11.6 Å². The average molecular weight is 270 g/mol. The Morgan fingerprint density at radius 2 is 2.11 bits per heavy atom. The SMILES string of the molecule is Cc1cc(F)ccc1CNCC1CCCC1CCl. The Hall–Kier alpha value is -0.600. The summed E-state index contributed by atoms with van der Waals surface area (Å²) >= 11 is 5.97. The largest absolute Gasteiger partial charge is 0.312 e. The number of hydrogen-bond donors (Lipinski definition) is 1. The van der Waals surface area contributed by atoms with Gasteiger partial charge in [-0.25, -0.2) is 4.39 Å². The van der Waals surface area contributed by atoms with Gasteiger partial charge in [0.05, 0.1) is 0 Å². The molecule has 100 valence electrons. The summed E-state index contributed by atoms with van der Waals surface area (Å²) < 4.78 is 13.0. The molecule has 1 nitrogen and oxygen atoms in total. The Bertz CT molecular complexity index is 394. The van der Waals surface area contributed by atoms with E-state index in [0.717, 1.165) is 24.5 Å². The zero-order chi connectivity index (χ0) is 13.0. The van der Waals surface area contributed by atoms with Crippen LogP contribution in [0.3, 0.4) is 0 Å². The standard InChI is InChI=1S/C15H21ClFN/c1-11-7-15(17)6-5-13(11)9-18-10-14-4-2-3-12(14)8-16/h5-7,12,14,18H,2-4,8-10H2,1H3. The van der Waals surface area contributed by atoms with Crippen LogP contribution in [-0.4, -0.2) is 12.4 Å². The van der Waals surface area contributed by atoms with Crippen molar-refractivity contribution in [2.45, 2.75) is 32.7 Å². The predicted molar refractivity (Wildman–Crippen MR) is 74.4 cm³/mol. The first-order valence-electron chi connectivity index (χ1n) is 6.72. The van der Waals surface area contributed by atoms with Crippen molar-refractivity contribution in [1.82, 2.24) is 5.32 Å². The average Bonchev–Trinajstić information content (AvgIpc) is 2.79. The van der Waals surface area contributed by atoms with Gasteiger partial charge in [0.2, 0.25) is 0 Å². The molecule has 0 amide bonds. The Morgan fingerprint density at radius 1 is 1.33 bits per heavy atom. The fourth-order valence-electron chi connectivity index (χ4n) is 2.84. The first-order chi connectivity index (χ1) is 8.70. The van der Waals surface area contributed by atoms with Crippen LogP contribution in [0.25, 0.3) is 0 Å². The summed E-state index contributed by atoms with van der Waals surface area (Å²) in [6, 6.07) is 4.99. The highest BCUT2D eigenvalue weighted by molar-refractivity contribution is 6.18. The molecule has 3 heteroatoms. The third-order valence-electron chi connectivity index (χ3n) is 4.04. The summed E-state index contributed by atoms with van der Waals surface area (Å²) in [5.41, 5.74) is 2.19. The highest BCUT2D eigenvalue weighted by Gasteiger charge is 2.25. The molecule has 1 aliphatic rings. The lowest BCUT2D eigenvalue weighted by atomic mass is 9.98. The smallest absolute Gasteiger partial charge is 0.123 e. The topological polar surface area (TPSA) is 12.0 Å². The van der Waals surface area contributed by atoms with Gasteiger partial charge < -0.3 is 5.32 Å². The van der Waals surface area contributed by atoms with Crippen LogP contribution in [-0.2, 0) is 6.54 Å². The van der Waals surface area contributed by atoms with Crippen molar-refractivity contribution in [3.63, 3.8) is 0 Å². The fraction of sp³-hybridized carbons (Fsp3) is 0.600. The number of halogens is 2. The molecule has 0 aliphatic heterocycles. The molecule has 1 aromatic rings. The molecule has 0 bridgehead atoms. The van der Waals surface area contributed by atoms with Crippen molar-refractivity contribution in [2.24, 2.45) is 11.8 Å². The molecule has 2 rings (SSSR count). The van der Waals surface area contributed by atoms with E-state index in [2.05, 4.69) is 5.32 Å². The molecule has 0 aromatic heterocycles. The normalized spacial score (nSPS) is 23.5.